The Balaban J connectivity index is 1.68. The zero-order valence-electron chi connectivity index (χ0n) is 15.5. The largest absolute Gasteiger partial charge is 0.481 e. The fourth-order valence-electron chi connectivity index (χ4n) is 3.33. The summed E-state index contributed by atoms with van der Waals surface area (Å²) in [4.78, 5) is 4.59. The van der Waals surface area contributed by atoms with Crippen molar-refractivity contribution in [1.82, 2.24) is 10.3 Å². The molecule has 2 heterocycles. The van der Waals surface area contributed by atoms with Crippen LogP contribution in [0.25, 0.3) is 11.3 Å². The SMILES string of the molecule is Cc1ccc(-c2ncccc2OC(c2ccccc2)C2CNCCO2)cc1. The molecular formula is C23H24N2O2. The van der Waals surface area contributed by atoms with E-state index in [1.165, 1.54) is 5.56 Å². The molecule has 0 amide bonds. The van der Waals surface area contributed by atoms with Gasteiger partial charge >= 0.3 is 0 Å². The molecule has 1 aliphatic rings. The first kappa shape index (κ1) is 17.7. The van der Waals surface area contributed by atoms with Crippen molar-refractivity contribution in [2.24, 2.45) is 0 Å². The zero-order chi connectivity index (χ0) is 18.5. The standard InChI is InChI=1S/C23H24N2O2/c1-17-9-11-18(12-10-17)22-20(8-5-13-25-22)27-23(19-6-3-2-4-7-19)21-16-24-14-15-26-21/h2-13,21,23-24H,14-16H2,1H3. The minimum absolute atomic E-state index is 0.0489. The second-order valence-electron chi connectivity index (χ2n) is 6.78. The lowest BCUT2D eigenvalue weighted by Crippen LogP contribution is -2.43. The van der Waals surface area contributed by atoms with Gasteiger partial charge in [0.05, 0.1) is 6.61 Å². The molecule has 2 aromatic carbocycles. The van der Waals surface area contributed by atoms with E-state index in [1.807, 2.05) is 30.3 Å². The summed E-state index contributed by atoms with van der Waals surface area (Å²) in [6.07, 6.45) is 1.55. The first-order valence-corrected chi connectivity index (χ1v) is 9.37. The monoisotopic (exact) mass is 360 g/mol. The van der Waals surface area contributed by atoms with Gasteiger partial charge in [-0.2, -0.15) is 0 Å². The van der Waals surface area contributed by atoms with Gasteiger partial charge in [-0.25, -0.2) is 0 Å². The third-order valence-electron chi connectivity index (χ3n) is 4.77. The second-order valence-corrected chi connectivity index (χ2v) is 6.78. The molecule has 2 atom stereocenters. The summed E-state index contributed by atoms with van der Waals surface area (Å²) >= 11 is 0. The normalized spacial score (nSPS) is 18.0. The summed E-state index contributed by atoms with van der Waals surface area (Å²) < 4.78 is 12.5. The molecule has 1 saturated heterocycles. The van der Waals surface area contributed by atoms with Crippen molar-refractivity contribution in [2.75, 3.05) is 19.7 Å². The fraction of sp³-hybridized carbons (Fsp3) is 0.261. The number of aryl methyl sites for hydroxylation is 1. The fourth-order valence-corrected chi connectivity index (χ4v) is 3.33. The van der Waals surface area contributed by atoms with Crippen LogP contribution < -0.4 is 10.1 Å². The molecule has 3 aromatic rings. The Bertz CT molecular complexity index is 859. The smallest absolute Gasteiger partial charge is 0.151 e. The Kier molecular flexibility index (Phi) is 5.47. The number of nitrogens with one attached hydrogen (secondary N) is 1. The van der Waals surface area contributed by atoms with E-state index in [9.17, 15) is 0 Å². The van der Waals surface area contributed by atoms with Crippen molar-refractivity contribution < 1.29 is 9.47 Å². The quantitative estimate of drug-likeness (QED) is 0.742. The van der Waals surface area contributed by atoms with Gasteiger partial charge in [0.2, 0.25) is 0 Å². The molecule has 2 unspecified atom stereocenters. The number of nitrogens with zero attached hydrogens (tertiary/aromatic N) is 1. The van der Waals surface area contributed by atoms with Crippen molar-refractivity contribution in [2.45, 2.75) is 19.1 Å². The maximum Gasteiger partial charge on any atom is 0.151 e. The van der Waals surface area contributed by atoms with Crippen molar-refractivity contribution in [3.8, 4) is 17.0 Å². The average Bonchev–Trinajstić information content (AvgIpc) is 2.74. The molecule has 1 aliphatic heterocycles. The highest BCUT2D eigenvalue weighted by atomic mass is 16.5. The number of aromatic nitrogens is 1. The van der Waals surface area contributed by atoms with Crippen LogP contribution in [0.2, 0.25) is 0 Å². The summed E-state index contributed by atoms with van der Waals surface area (Å²) in [6.45, 7) is 4.41. The number of rotatable bonds is 5. The van der Waals surface area contributed by atoms with E-state index in [2.05, 4.69) is 53.6 Å². The topological polar surface area (TPSA) is 43.4 Å². The third kappa shape index (κ3) is 4.18. The van der Waals surface area contributed by atoms with Gasteiger partial charge < -0.3 is 14.8 Å². The minimum atomic E-state index is -0.201. The van der Waals surface area contributed by atoms with Gasteiger partial charge in [-0.05, 0) is 24.6 Å². The lowest BCUT2D eigenvalue weighted by molar-refractivity contribution is -0.0431. The lowest BCUT2D eigenvalue weighted by atomic mass is 10.0. The van der Waals surface area contributed by atoms with Crippen LogP contribution in [0.1, 0.15) is 17.2 Å². The first-order valence-electron chi connectivity index (χ1n) is 9.37. The molecule has 138 valence electrons. The Morgan fingerprint density at radius 2 is 1.85 bits per heavy atom. The molecule has 1 fully saturated rings. The van der Waals surface area contributed by atoms with Crippen molar-refractivity contribution in [1.29, 1.82) is 0 Å². The molecule has 0 radical (unpaired) electrons. The highest BCUT2D eigenvalue weighted by Gasteiger charge is 2.28. The average molecular weight is 360 g/mol. The van der Waals surface area contributed by atoms with Crippen LogP contribution in [0.5, 0.6) is 5.75 Å². The third-order valence-corrected chi connectivity index (χ3v) is 4.77. The van der Waals surface area contributed by atoms with E-state index in [0.717, 1.165) is 35.7 Å². The summed E-state index contributed by atoms with van der Waals surface area (Å²) in [5, 5.41) is 3.40. The van der Waals surface area contributed by atoms with Gasteiger partial charge in [0.25, 0.3) is 0 Å². The number of benzene rings is 2. The van der Waals surface area contributed by atoms with E-state index in [1.54, 1.807) is 6.20 Å². The van der Waals surface area contributed by atoms with Crippen LogP contribution in [-0.4, -0.2) is 30.8 Å². The molecule has 1 N–H and O–H groups in total. The van der Waals surface area contributed by atoms with E-state index < -0.39 is 0 Å². The Labute approximate surface area is 160 Å². The molecule has 0 spiro atoms. The van der Waals surface area contributed by atoms with Crippen molar-refractivity contribution in [3.05, 3.63) is 84.1 Å². The Morgan fingerprint density at radius 1 is 1.04 bits per heavy atom. The molecule has 0 aliphatic carbocycles. The van der Waals surface area contributed by atoms with E-state index in [4.69, 9.17) is 9.47 Å². The van der Waals surface area contributed by atoms with E-state index in [0.29, 0.717) is 6.61 Å². The van der Waals surface area contributed by atoms with Gasteiger partial charge in [-0.1, -0.05) is 60.2 Å². The van der Waals surface area contributed by atoms with Gasteiger partial charge in [-0.15, -0.1) is 0 Å². The Morgan fingerprint density at radius 3 is 2.59 bits per heavy atom. The number of pyridine rings is 1. The Hall–Kier alpha value is -2.69. The van der Waals surface area contributed by atoms with Crippen LogP contribution in [-0.2, 0) is 4.74 Å². The van der Waals surface area contributed by atoms with E-state index >= 15 is 0 Å². The van der Waals surface area contributed by atoms with Crippen molar-refractivity contribution in [3.63, 3.8) is 0 Å². The number of hydrogen-bond donors (Lipinski definition) is 1. The predicted octanol–water partition coefficient (Wildman–Crippen LogP) is 4.17. The summed E-state index contributed by atoms with van der Waals surface area (Å²) in [5.74, 6) is 0.768. The van der Waals surface area contributed by atoms with Crippen molar-refractivity contribution >= 4 is 0 Å². The first-order chi connectivity index (χ1) is 13.3. The highest BCUT2D eigenvalue weighted by Crippen LogP contribution is 2.33. The maximum atomic E-state index is 6.53. The van der Waals surface area contributed by atoms with Gasteiger partial charge in [-0.3, -0.25) is 4.98 Å². The minimum Gasteiger partial charge on any atom is -0.481 e. The summed E-state index contributed by atoms with van der Waals surface area (Å²) in [5.41, 5.74) is 4.22. The number of ether oxygens (including phenoxy) is 2. The summed E-state index contributed by atoms with van der Waals surface area (Å²) in [6, 6.07) is 22.5. The molecule has 4 heteroatoms. The zero-order valence-corrected chi connectivity index (χ0v) is 15.5. The summed E-state index contributed by atoms with van der Waals surface area (Å²) in [7, 11) is 0. The number of hydrogen-bond acceptors (Lipinski definition) is 4. The number of morpholine rings is 1. The molecule has 0 saturated carbocycles. The van der Waals surface area contributed by atoms with Crippen LogP contribution in [0, 0.1) is 6.92 Å². The molecule has 4 nitrogen and oxygen atoms in total. The second kappa shape index (κ2) is 8.33. The highest BCUT2D eigenvalue weighted by molar-refractivity contribution is 5.66. The molecule has 1 aromatic heterocycles. The maximum absolute atomic E-state index is 6.53. The van der Waals surface area contributed by atoms with Crippen LogP contribution in [0.15, 0.2) is 72.9 Å². The van der Waals surface area contributed by atoms with Crippen LogP contribution in [0.3, 0.4) is 0 Å². The van der Waals surface area contributed by atoms with Crippen LogP contribution in [0.4, 0.5) is 0 Å². The van der Waals surface area contributed by atoms with Gasteiger partial charge in [0, 0.05) is 24.8 Å². The molecule has 0 bridgehead atoms. The van der Waals surface area contributed by atoms with Gasteiger partial charge in [0.1, 0.15) is 17.5 Å². The predicted molar refractivity (Wildman–Crippen MR) is 107 cm³/mol. The van der Waals surface area contributed by atoms with Crippen LogP contribution >= 0.6 is 0 Å². The molecular weight excluding hydrogens is 336 g/mol. The molecule has 4 rings (SSSR count). The molecule has 27 heavy (non-hydrogen) atoms. The van der Waals surface area contributed by atoms with Gasteiger partial charge in [0.15, 0.2) is 6.10 Å². The lowest BCUT2D eigenvalue weighted by Gasteiger charge is -2.32. The van der Waals surface area contributed by atoms with E-state index in [-0.39, 0.29) is 12.2 Å².